The van der Waals surface area contributed by atoms with Gasteiger partial charge in [-0.05, 0) is 34.4 Å². The topological polar surface area (TPSA) is 75.5 Å². The zero-order valence-corrected chi connectivity index (χ0v) is 15.0. The zero-order valence-electron chi connectivity index (χ0n) is 14.2. The van der Waals surface area contributed by atoms with Gasteiger partial charge >= 0.3 is 0 Å². The Labute approximate surface area is 149 Å². The van der Waals surface area contributed by atoms with Crippen molar-refractivity contribution in [2.45, 2.75) is 19.4 Å². The minimum Gasteiger partial charge on any atom is -0.340 e. The highest BCUT2D eigenvalue weighted by molar-refractivity contribution is 7.07. The first-order valence-electron chi connectivity index (χ1n) is 8.01. The summed E-state index contributed by atoms with van der Waals surface area (Å²) in [6.45, 7) is 0.277. The largest absolute Gasteiger partial charge is 0.340 e. The normalized spacial score (nSPS) is 17.4. The number of imide groups is 1. The summed E-state index contributed by atoms with van der Waals surface area (Å²) < 4.78 is 1.66. The van der Waals surface area contributed by atoms with E-state index in [4.69, 9.17) is 0 Å². The lowest BCUT2D eigenvalue weighted by molar-refractivity contribution is -0.145. The highest BCUT2D eigenvalue weighted by atomic mass is 32.1. The van der Waals surface area contributed by atoms with Gasteiger partial charge in [0.2, 0.25) is 17.7 Å². The molecule has 8 heteroatoms. The van der Waals surface area contributed by atoms with Crippen LogP contribution in [0.2, 0.25) is 0 Å². The van der Waals surface area contributed by atoms with Gasteiger partial charge in [0.25, 0.3) is 0 Å². The van der Waals surface area contributed by atoms with E-state index in [0.717, 1.165) is 16.0 Å². The number of aromatic nitrogens is 2. The lowest BCUT2D eigenvalue weighted by Gasteiger charge is -2.20. The molecule has 1 aliphatic rings. The summed E-state index contributed by atoms with van der Waals surface area (Å²) in [4.78, 5) is 39.7. The van der Waals surface area contributed by atoms with Gasteiger partial charge < -0.3 is 4.90 Å². The minimum absolute atomic E-state index is 0.148. The summed E-state index contributed by atoms with van der Waals surface area (Å²) in [5, 5.41) is 8.00. The summed E-state index contributed by atoms with van der Waals surface area (Å²) in [5.41, 5.74) is 1.95. The third-order valence-corrected chi connectivity index (χ3v) is 5.03. The summed E-state index contributed by atoms with van der Waals surface area (Å²) in [5.74, 6) is -1.20. The van der Waals surface area contributed by atoms with Crippen LogP contribution in [-0.2, 0) is 34.4 Å². The van der Waals surface area contributed by atoms with E-state index in [1.165, 1.54) is 4.90 Å². The Morgan fingerprint density at radius 2 is 2.20 bits per heavy atom. The molecule has 7 nitrogen and oxygen atoms in total. The van der Waals surface area contributed by atoms with Gasteiger partial charge in [0.05, 0.1) is 12.1 Å². The van der Waals surface area contributed by atoms with Gasteiger partial charge in [0, 0.05) is 33.3 Å². The molecular weight excluding hydrogens is 340 g/mol. The number of aryl methyl sites for hydroxylation is 1. The SMILES string of the molecule is CN(Cc1ccsc1)C(=O)CN1C(=O)CC(Cc2cnn(C)c2)C1=O. The van der Waals surface area contributed by atoms with Crippen LogP contribution >= 0.6 is 11.3 Å². The summed E-state index contributed by atoms with van der Waals surface area (Å²) in [7, 11) is 3.48. The molecule has 0 saturated carbocycles. The first-order chi connectivity index (χ1) is 11.9. The first-order valence-corrected chi connectivity index (χ1v) is 8.95. The van der Waals surface area contributed by atoms with Crippen molar-refractivity contribution in [1.82, 2.24) is 19.6 Å². The number of hydrogen-bond acceptors (Lipinski definition) is 5. The van der Waals surface area contributed by atoms with Gasteiger partial charge in [0.1, 0.15) is 6.54 Å². The van der Waals surface area contributed by atoms with E-state index in [-0.39, 0.29) is 30.7 Å². The number of rotatable bonds is 6. The molecule has 2 aromatic rings. The van der Waals surface area contributed by atoms with E-state index < -0.39 is 5.92 Å². The fourth-order valence-electron chi connectivity index (χ4n) is 2.94. The molecule has 25 heavy (non-hydrogen) atoms. The van der Waals surface area contributed by atoms with Crippen LogP contribution in [-0.4, -0.2) is 50.9 Å². The lowest BCUT2D eigenvalue weighted by atomic mass is 10.0. The Hall–Kier alpha value is -2.48. The Morgan fingerprint density at radius 1 is 1.40 bits per heavy atom. The smallest absolute Gasteiger partial charge is 0.242 e. The maximum atomic E-state index is 12.5. The van der Waals surface area contributed by atoms with Crippen LogP contribution in [0.5, 0.6) is 0 Å². The lowest BCUT2D eigenvalue weighted by Crippen LogP contribution is -2.41. The van der Waals surface area contributed by atoms with E-state index in [2.05, 4.69) is 5.10 Å². The van der Waals surface area contributed by atoms with Crippen molar-refractivity contribution in [3.63, 3.8) is 0 Å². The molecule has 1 aliphatic heterocycles. The van der Waals surface area contributed by atoms with Crippen molar-refractivity contribution in [3.8, 4) is 0 Å². The number of amides is 3. The van der Waals surface area contributed by atoms with Gasteiger partial charge in [-0.1, -0.05) is 0 Å². The molecule has 2 aromatic heterocycles. The second kappa shape index (κ2) is 7.18. The van der Waals surface area contributed by atoms with Gasteiger partial charge in [-0.2, -0.15) is 16.4 Å². The number of likely N-dealkylation sites (N-methyl/N-ethyl adjacent to an activating group) is 1. The summed E-state index contributed by atoms with van der Waals surface area (Å²) >= 11 is 1.57. The van der Waals surface area contributed by atoms with Gasteiger partial charge in [-0.15, -0.1) is 0 Å². The maximum Gasteiger partial charge on any atom is 0.242 e. The van der Waals surface area contributed by atoms with Crippen molar-refractivity contribution >= 4 is 29.1 Å². The van der Waals surface area contributed by atoms with Gasteiger partial charge in [-0.25, -0.2) is 0 Å². The number of likely N-dealkylation sites (tertiary alicyclic amines) is 1. The van der Waals surface area contributed by atoms with Crippen molar-refractivity contribution in [2.75, 3.05) is 13.6 Å². The number of nitrogens with zero attached hydrogens (tertiary/aromatic N) is 4. The molecule has 3 rings (SSSR count). The minimum atomic E-state index is -0.410. The fourth-order valence-corrected chi connectivity index (χ4v) is 3.60. The van der Waals surface area contributed by atoms with E-state index in [1.807, 2.05) is 23.0 Å². The molecule has 1 fully saturated rings. The number of thiophene rings is 1. The Kier molecular flexibility index (Phi) is 4.98. The molecule has 3 heterocycles. The van der Waals surface area contributed by atoms with E-state index in [9.17, 15) is 14.4 Å². The predicted octanol–water partition coefficient (Wildman–Crippen LogP) is 1.06. The van der Waals surface area contributed by atoms with E-state index in [0.29, 0.717) is 13.0 Å². The standard InChI is InChI=1S/C17H20N4O3S/c1-19(8-12-3-4-25-11-12)16(23)10-21-15(22)6-14(17(21)24)5-13-7-18-20(2)9-13/h3-4,7,9,11,14H,5-6,8,10H2,1-2H3. The van der Waals surface area contributed by atoms with Crippen molar-refractivity contribution in [3.05, 3.63) is 40.3 Å². The molecule has 3 amide bonds. The number of carbonyl (C=O) groups excluding carboxylic acids is 3. The van der Waals surface area contributed by atoms with Crippen molar-refractivity contribution in [2.24, 2.45) is 13.0 Å². The Bertz CT molecular complexity index is 784. The molecular formula is C17H20N4O3S. The maximum absolute atomic E-state index is 12.5. The molecule has 1 atom stereocenters. The predicted molar refractivity (Wildman–Crippen MR) is 92.5 cm³/mol. The molecule has 132 valence electrons. The van der Waals surface area contributed by atoms with Crippen molar-refractivity contribution in [1.29, 1.82) is 0 Å². The van der Waals surface area contributed by atoms with E-state index >= 15 is 0 Å². The molecule has 0 bridgehead atoms. The van der Waals surface area contributed by atoms with Crippen LogP contribution in [0.3, 0.4) is 0 Å². The van der Waals surface area contributed by atoms with Crippen LogP contribution in [0.15, 0.2) is 29.2 Å². The molecule has 0 spiro atoms. The van der Waals surface area contributed by atoms with Crippen LogP contribution in [0.4, 0.5) is 0 Å². The summed E-state index contributed by atoms with van der Waals surface area (Å²) in [6.07, 6.45) is 4.14. The Morgan fingerprint density at radius 3 is 2.84 bits per heavy atom. The number of hydrogen-bond donors (Lipinski definition) is 0. The van der Waals surface area contributed by atoms with Crippen LogP contribution in [0.25, 0.3) is 0 Å². The molecule has 0 aromatic carbocycles. The molecule has 0 aliphatic carbocycles. The number of carbonyl (C=O) groups is 3. The van der Waals surface area contributed by atoms with Crippen LogP contribution in [0, 0.1) is 5.92 Å². The van der Waals surface area contributed by atoms with Crippen LogP contribution < -0.4 is 0 Å². The fraction of sp³-hybridized carbons (Fsp3) is 0.412. The highest BCUT2D eigenvalue weighted by Crippen LogP contribution is 2.23. The van der Waals surface area contributed by atoms with Crippen LogP contribution in [0.1, 0.15) is 17.5 Å². The van der Waals surface area contributed by atoms with Crippen molar-refractivity contribution < 1.29 is 14.4 Å². The zero-order chi connectivity index (χ0) is 18.0. The molecule has 0 N–H and O–H groups in total. The third-order valence-electron chi connectivity index (χ3n) is 4.30. The second-order valence-corrected chi connectivity index (χ2v) is 7.11. The quantitative estimate of drug-likeness (QED) is 0.722. The average molecular weight is 360 g/mol. The van der Waals surface area contributed by atoms with Gasteiger partial charge in [-0.3, -0.25) is 24.0 Å². The first kappa shape index (κ1) is 17.3. The van der Waals surface area contributed by atoms with E-state index in [1.54, 1.807) is 36.3 Å². The van der Waals surface area contributed by atoms with Gasteiger partial charge in [0.15, 0.2) is 0 Å². The highest BCUT2D eigenvalue weighted by Gasteiger charge is 2.39. The molecule has 0 radical (unpaired) electrons. The third kappa shape index (κ3) is 3.96. The molecule has 1 unspecified atom stereocenters. The monoisotopic (exact) mass is 360 g/mol. The molecule has 1 saturated heterocycles. The summed E-state index contributed by atoms with van der Waals surface area (Å²) in [6, 6.07) is 1.95. The Balaban J connectivity index is 1.59. The second-order valence-electron chi connectivity index (χ2n) is 6.33. The average Bonchev–Trinajstić information content (AvgIpc) is 3.27.